The number of aliphatic hydroxyl groups excluding tert-OH is 1. The summed E-state index contributed by atoms with van der Waals surface area (Å²) in [5.74, 6) is -0.390. The summed E-state index contributed by atoms with van der Waals surface area (Å²) in [6.07, 6.45) is 2.05. The van der Waals surface area contributed by atoms with Gasteiger partial charge in [-0.15, -0.1) is 11.8 Å². The van der Waals surface area contributed by atoms with Crippen LogP contribution in [0, 0.1) is 5.92 Å². The predicted octanol–water partition coefficient (Wildman–Crippen LogP) is 2.13. The Bertz CT molecular complexity index is 370. The van der Waals surface area contributed by atoms with Gasteiger partial charge in [-0.2, -0.15) is 0 Å². The van der Waals surface area contributed by atoms with Gasteiger partial charge in [0, 0.05) is 4.90 Å². The van der Waals surface area contributed by atoms with Crippen molar-refractivity contribution in [2.45, 2.75) is 29.6 Å². The van der Waals surface area contributed by atoms with Crippen molar-refractivity contribution in [1.82, 2.24) is 0 Å². The smallest absolute Gasteiger partial charge is 0.317 e. The van der Waals surface area contributed by atoms with Crippen LogP contribution in [0.15, 0.2) is 29.2 Å². The molecule has 0 heterocycles. The molecule has 1 aliphatic rings. The van der Waals surface area contributed by atoms with Crippen LogP contribution in [-0.4, -0.2) is 21.4 Å². The van der Waals surface area contributed by atoms with E-state index in [1.165, 1.54) is 11.8 Å². The zero-order chi connectivity index (χ0) is 11.5. The van der Waals surface area contributed by atoms with Crippen molar-refractivity contribution in [2.75, 3.05) is 0 Å². The van der Waals surface area contributed by atoms with E-state index in [0.717, 1.165) is 23.3 Å². The molecule has 0 amide bonds. The monoisotopic (exact) mass is 238 g/mol. The fraction of sp³-hybridized carbons (Fsp3) is 0.417. The maximum absolute atomic E-state index is 11.0. The largest absolute Gasteiger partial charge is 0.480 e. The molecule has 4 heteroatoms. The summed E-state index contributed by atoms with van der Waals surface area (Å²) in [4.78, 5) is 12.0. The lowest BCUT2D eigenvalue weighted by Crippen LogP contribution is -2.18. The molecule has 16 heavy (non-hydrogen) atoms. The average Bonchev–Trinajstić information content (AvgIpc) is 3.10. The molecule has 1 saturated carbocycles. The molecule has 2 N–H and O–H groups in total. The van der Waals surface area contributed by atoms with E-state index in [1.807, 2.05) is 24.3 Å². The maximum Gasteiger partial charge on any atom is 0.317 e. The second-order valence-electron chi connectivity index (χ2n) is 4.02. The van der Waals surface area contributed by atoms with E-state index >= 15 is 0 Å². The van der Waals surface area contributed by atoms with Gasteiger partial charge in [-0.05, 0) is 36.5 Å². The Morgan fingerprint density at radius 3 is 2.44 bits per heavy atom. The molecule has 0 saturated heterocycles. The number of aliphatic hydroxyl groups is 1. The van der Waals surface area contributed by atoms with Gasteiger partial charge in [0.2, 0.25) is 0 Å². The van der Waals surface area contributed by atoms with E-state index < -0.39 is 5.97 Å². The van der Waals surface area contributed by atoms with E-state index in [1.54, 1.807) is 0 Å². The molecule has 0 spiro atoms. The lowest BCUT2D eigenvalue weighted by Gasteiger charge is -2.10. The van der Waals surface area contributed by atoms with Crippen LogP contribution in [0.3, 0.4) is 0 Å². The third-order valence-corrected chi connectivity index (χ3v) is 4.05. The van der Waals surface area contributed by atoms with E-state index in [-0.39, 0.29) is 11.9 Å². The summed E-state index contributed by atoms with van der Waals surface area (Å²) in [7, 11) is 0. The van der Waals surface area contributed by atoms with E-state index in [2.05, 4.69) is 0 Å². The van der Waals surface area contributed by atoms with Gasteiger partial charge in [0.15, 0.2) is 0 Å². The Morgan fingerprint density at radius 1 is 1.38 bits per heavy atom. The van der Waals surface area contributed by atoms with Crippen LogP contribution >= 0.6 is 11.8 Å². The predicted molar refractivity (Wildman–Crippen MR) is 62.4 cm³/mol. The lowest BCUT2D eigenvalue weighted by molar-refractivity contribution is -0.136. The first-order valence-corrected chi connectivity index (χ1v) is 6.18. The normalized spacial score (nSPS) is 17.1. The van der Waals surface area contributed by atoms with Crippen molar-refractivity contribution in [1.29, 1.82) is 0 Å². The van der Waals surface area contributed by atoms with Gasteiger partial charge in [0.25, 0.3) is 0 Å². The highest BCUT2D eigenvalue weighted by atomic mass is 32.2. The van der Waals surface area contributed by atoms with Crippen LogP contribution < -0.4 is 0 Å². The van der Waals surface area contributed by atoms with Crippen LogP contribution in [0.2, 0.25) is 0 Å². The second kappa shape index (κ2) is 4.89. The molecule has 1 aromatic rings. The van der Waals surface area contributed by atoms with Gasteiger partial charge in [0.1, 0.15) is 5.25 Å². The molecule has 1 atom stereocenters. The minimum atomic E-state index is -0.723. The highest BCUT2D eigenvalue weighted by Gasteiger charge is 2.36. The molecule has 2 rings (SSSR count). The maximum atomic E-state index is 11.0. The van der Waals surface area contributed by atoms with Crippen molar-refractivity contribution in [3.05, 3.63) is 29.8 Å². The van der Waals surface area contributed by atoms with Crippen LogP contribution in [0.25, 0.3) is 0 Å². The number of rotatable bonds is 5. The number of hydrogen-bond acceptors (Lipinski definition) is 3. The zero-order valence-electron chi connectivity index (χ0n) is 8.80. The summed E-state index contributed by atoms with van der Waals surface area (Å²) >= 11 is 1.41. The first-order valence-electron chi connectivity index (χ1n) is 5.30. The Kier molecular flexibility index (Phi) is 3.51. The summed E-state index contributed by atoms with van der Waals surface area (Å²) in [5, 5.41) is 17.7. The van der Waals surface area contributed by atoms with Gasteiger partial charge < -0.3 is 10.2 Å². The Labute approximate surface area is 98.5 Å². The van der Waals surface area contributed by atoms with Gasteiger partial charge >= 0.3 is 5.97 Å². The molecule has 0 aliphatic heterocycles. The average molecular weight is 238 g/mol. The van der Waals surface area contributed by atoms with Gasteiger partial charge in [0.05, 0.1) is 6.61 Å². The van der Waals surface area contributed by atoms with Crippen LogP contribution in [-0.2, 0) is 11.4 Å². The molecule has 1 aromatic carbocycles. The number of carboxylic acid groups (broad SMARTS) is 1. The van der Waals surface area contributed by atoms with Gasteiger partial charge in [-0.1, -0.05) is 12.1 Å². The molecule has 0 radical (unpaired) electrons. The summed E-state index contributed by atoms with van der Waals surface area (Å²) in [6.45, 7) is 0.0237. The van der Waals surface area contributed by atoms with Gasteiger partial charge in [-0.3, -0.25) is 4.79 Å². The molecule has 1 unspecified atom stereocenters. The zero-order valence-corrected chi connectivity index (χ0v) is 9.61. The van der Waals surface area contributed by atoms with Crippen molar-refractivity contribution >= 4 is 17.7 Å². The van der Waals surface area contributed by atoms with Crippen LogP contribution in [0.1, 0.15) is 18.4 Å². The van der Waals surface area contributed by atoms with Crippen molar-refractivity contribution in [2.24, 2.45) is 5.92 Å². The first-order chi connectivity index (χ1) is 7.70. The molecular weight excluding hydrogens is 224 g/mol. The van der Waals surface area contributed by atoms with Crippen LogP contribution in [0.5, 0.6) is 0 Å². The Morgan fingerprint density at radius 2 is 2.00 bits per heavy atom. The third kappa shape index (κ3) is 2.77. The van der Waals surface area contributed by atoms with Crippen molar-refractivity contribution in [3.8, 4) is 0 Å². The third-order valence-electron chi connectivity index (χ3n) is 2.66. The molecular formula is C12H14O3S. The number of carbonyl (C=O) groups is 1. The summed E-state index contributed by atoms with van der Waals surface area (Å²) in [6, 6.07) is 7.39. The van der Waals surface area contributed by atoms with Gasteiger partial charge in [-0.25, -0.2) is 0 Å². The second-order valence-corrected chi connectivity index (χ2v) is 5.23. The SMILES string of the molecule is O=C(O)C(Sc1ccc(CO)cc1)C1CC1. The van der Waals surface area contributed by atoms with Crippen molar-refractivity contribution < 1.29 is 15.0 Å². The topological polar surface area (TPSA) is 57.5 Å². The van der Waals surface area contributed by atoms with E-state index in [0.29, 0.717) is 5.92 Å². The van der Waals surface area contributed by atoms with Crippen molar-refractivity contribution in [3.63, 3.8) is 0 Å². The molecule has 0 bridgehead atoms. The number of benzene rings is 1. The minimum absolute atomic E-state index is 0.0237. The number of hydrogen-bond donors (Lipinski definition) is 2. The van der Waals surface area contributed by atoms with Crippen LogP contribution in [0.4, 0.5) is 0 Å². The Balaban J connectivity index is 2.03. The Hall–Kier alpha value is -1.00. The summed E-state index contributed by atoms with van der Waals surface area (Å²) in [5.41, 5.74) is 0.850. The standard InChI is InChI=1S/C12H14O3S/c13-7-8-1-5-10(6-2-8)16-11(12(14)15)9-3-4-9/h1-2,5-6,9,11,13H,3-4,7H2,(H,14,15). The lowest BCUT2D eigenvalue weighted by atomic mass is 10.2. The fourth-order valence-corrected chi connectivity index (χ4v) is 2.72. The quantitative estimate of drug-likeness (QED) is 0.772. The molecule has 1 fully saturated rings. The van der Waals surface area contributed by atoms with E-state index in [9.17, 15) is 4.79 Å². The molecule has 0 aromatic heterocycles. The fourth-order valence-electron chi connectivity index (χ4n) is 1.57. The van der Waals surface area contributed by atoms with E-state index in [4.69, 9.17) is 10.2 Å². The summed E-state index contributed by atoms with van der Waals surface area (Å²) < 4.78 is 0. The molecule has 86 valence electrons. The number of thioether (sulfide) groups is 1. The highest BCUT2D eigenvalue weighted by Crippen LogP contribution is 2.41. The number of aliphatic carboxylic acids is 1. The minimum Gasteiger partial charge on any atom is -0.480 e. The molecule has 1 aliphatic carbocycles. The first kappa shape index (κ1) is 11.5. The highest BCUT2D eigenvalue weighted by molar-refractivity contribution is 8.00. The number of carboxylic acids is 1. The molecule has 3 nitrogen and oxygen atoms in total.